The van der Waals surface area contributed by atoms with Crippen LogP contribution >= 0.6 is 15.9 Å². The van der Waals surface area contributed by atoms with Crippen LogP contribution in [0, 0.1) is 0 Å². The van der Waals surface area contributed by atoms with Crippen molar-refractivity contribution in [3.8, 4) is 0 Å². The van der Waals surface area contributed by atoms with Gasteiger partial charge in [-0.25, -0.2) is 0 Å². The van der Waals surface area contributed by atoms with Gasteiger partial charge in [-0.15, -0.1) is 0 Å². The first kappa shape index (κ1) is 12.6. The summed E-state index contributed by atoms with van der Waals surface area (Å²) in [5, 5.41) is 0. The van der Waals surface area contributed by atoms with Gasteiger partial charge in [0, 0.05) is 11.0 Å². The van der Waals surface area contributed by atoms with E-state index in [9.17, 15) is 4.79 Å². The Labute approximate surface area is 110 Å². The van der Waals surface area contributed by atoms with Crippen LogP contribution in [-0.2, 0) is 11.3 Å². The standard InChI is InChI=1S/C13H17BrN2O/c14-11-5-3-4-10(8-11)9-16-7-2-1-6-12(16)13(15)17/h3-5,8,12H,1-2,6-7,9H2,(H2,15,17). The zero-order valence-electron chi connectivity index (χ0n) is 9.73. The number of nitrogens with two attached hydrogens (primary N) is 1. The van der Waals surface area contributed by atoms with Gasteiger partial charge in [-0.05, 0) is 37.1 Å². The van der Waals surface area contributed by atoms with Crippen molar-refractivity contribution >= 4 is 21.8 Å². The molecule has 1 amide bonds. The van der Waals surface area contributed by atoms with Gasteiger partial charge in [0.1, 0.15) is 0 Å². The monoisotopic (exact) mass is 296 g/mol. The molecule has 0 aliphatic carbocycles. The van der Waals surface area contributed by atoms with Crippen LogP contribution in [0.15, 0.2) is 28.7 Å². The fourth-order valence-corrected chi connectivity index (χ4v) is 2.82. The number of benzene rings is 1. The van der Waals surface area contributed by atoms with Crippen LogP contribution < -0.4 is 5.73 Å². The van der Waals surface area contributed by atoms with E-state index in [-0.39, 0.29) is 11.9 Å². The molecule has 1 unspecified atom stereocenters. The number of primary amides is 1. The Morgan fingerprint density at radius 3 is 3.00 bits per heavy atom. The average Bonchev–Trinajstić information content (AvgIpc) is 2.29. The van der Waals surface area contributed by atoms with Gasteiger partial charge in [0.15, 0.2) is 0 Å². The van der Waals surface area contributed by atoms with E-state index in [0.717, 1.165) is 36.8 Å². The van der Waals surface area contributed by atoms with E-state index < -0.39 is 0 Å². The lowest BCUT2D eigenvalue weighted by atomic mass is 10.0. The fourth-order valence-electron chi connectivity index (χ4n) is 2.37. The summed E-state index contributed by atoms with van der Waals surface area (Å²) in [4.78, 5) is 13.6. The molecule has 1 fully saturated rings. The number of hydrogen-bond donors (Lipinski definition) is 1. The third-order valence-electron chi connectivity index (χ3n) is 3.22. The second kappa shape index (κ2) is 5.65. The number of carbonyl (C=O) groups is 1. The average molecular weight is 297 g/mol. The lowest BCUT2D eigenvalue weighted by molar-refractivity contribution is -0.124. The quantitative estimate of drug-likeness (QED) is 0.930. The maximum atomic E-state index is 11.4. The van der Waals surface area contributed by atoms with E-state index in [1.54, 1.807) is 0 Å². The number of halogens is 1. The second-order valence-electron chi connectivity index (χ2n) is 4.51. The molecule has 1 aromatic rings. The van der Waals surface area contributed by atoms with E-state index in [4.69, 9.17) is 5.73 Å². The summed E-state index contributed by atoms with van der Waals surface area (Å²) in [6.07, 6.45) is 3.14. The number of nitrogens with zero attached hydrogens (tertiary/aromatic N) is 1. The van der Waals surface area contributed by atoms with Gasteiger partial charge in [-0.2, -0.15) is 0 Å². The van der Waals surface area contributed by atoms with Crippen LogP contribution in [0.4, 0.5) is 0 Å². The first-order valence-electron chi connectivity index (χ1n) is 5.94. The Morgan fingerprint density at radius 1 is 1.47 bits per heavy atom. The van der Waals surface area contributed by atoms with Crippen molar-refractivity contribution < 1.29 is 4.79 Å². The molecule has 2 rings (SSSR count). The fraction of sp³-hybridized carbons (Fsp3) is 0.462. The Bertz CT molecular complexity index is 408. The molecule has 1 atom stereocenters. The van der Waals surface area contributed by atoms with Crippen molar-refractivity contribution in [3.63, 3.8) is 0 Å². The zero-order chi connectivity index (χ0) is 12.3. The van der Waals surface area contributed by atoms with E-state index >= 15 is 0 Å². The third-order valence-corrected chi connectivity index (χ3v) is 3.71. The molecule has 1 saturated heterocycles. The minimum atomic E-state index is -0.195. The molecule has 17 heavy (non-hydrogen) atoms. The van der Waals surface area contributed by atoms with Gasteiger partial charge in [-0.3, -0.25) is 9.69 Å². The van der Waals surface area contributed by atoms with Gasteiger partial charge < -0.3 is 5.73 Å². The summed E-state index contributed by atoms with van der Waals surface area (Å²) >= 11 is 3.46. The topological polar surface area (TPSA) is 46.3 Å². The highest BCUT2D eigenvalue weighted by Gasteiger charge is 2.26. The highest BCUT2D eigenvalue weighted by atomic mass is 79.9. The largest absolute Gasteiger partial charge is 0.368 e. The van der Waals surface area contributed by atoms with E-state index in [1.807, 2.05) is 12.1 Å². The summed E-state index contributed by atoms with van der Waals surface area (Å²) in [5.41, 5.74) is 6.67. The molecule has 0 spiro atoms. The van der Waals surface area contributed by atoms with Gasteiger partial charge in [-0.1, -0.05) is 34.5 Å². The number of rotatable bonds is 3. The number of amides is 1. The van der Waals surface area contributed by atoms with E-state index in [2.05, 4.69) is 33.0 Å². The van der Waals surface area contributed by atoms with Crippen LogP contribution in [0.5, 0.6) is 0 Å². The molecular formula is C13H17BrN2O. The Kier molecular flexibility index (Phi) is 4.18. The molecular weight excluding hydrogens is 280 g/mol. The lowest BCUT2D eigenvalue weighted by Crippen LogP contribution is -2.47. The van der Waals surface area contributed by atoms with Gasteiger partial charge in [0.2, 0.25) is 5.91 Å². The predicted molar refractivity (Wildman–Crippen MR) is 71.4 cm³/mol. The van der Waals surface area contributed by atoms with Crippen LogP contribution in [0.3, 0.4) is 0 Å². The van der Waals surface area contributed by atoms with Crippen molar-refractivity contribution in [2.45, 2.75) is 31.8 Å². The molecule has 2 N–H and O–H groups in total. The van der Waals surface area contributed by atoms with E-state index in [0.29, 0.717) is 0 Å². The first-order valence-corrected chi connectivity index (χ1v) is 6.74. The molecule has 3 nitrogen and oxygen atoms in total. The molecule has 0 aromatic heterocycles. The van der Waals surface area contributed by atoms with Crippen LogP contribution in [-0.4, -0.2) is 23.4 Å². The molecule has 1 aliphatic rings. The van der Waals surface area contributed by atoms with Crippen molar-refractivity contribution in [3.05, 3.63) is 34.3 Å². The minimum Gasteiger partial charge on any atom is -0.368 e. The highest BCUT2D eigenvalue weighted by molar-refractivity contribution is 9.10. The molecule has 0 radical (unpaired) electrons. The molecule has 1 aliphatic heterocycles. The summed E-state index contributed by atoms with van der Waals surface area (Å²) in [6.45, 7) is 1.76. The molecule has 4 heteroatoms. The van der Waals surface area contributed by atoms with Crippen molar-refractivity contribution in [1.29, 1.82) is 0 Å². The molecule has 1 heterocycles. The first-order chi connectivity index (χ1) is 8.16. The van der Waals surface area contributed by atoms with Gasteiger partial charge in [0.05, 0.1) is 6.04 Å². The normalized spacial score (nSPS) is 21.4. The lowest BCUT2D eigenvalue weighted by Gasteiger charge is -2.33. The SMILES string of the molecule is NC(=O)C1CCCCN1Cc1cccc(Br)c1. The summed E-state index contributed by atoms with van der Waals surface area (Å²) in [6, 6.07) is 8.10. The summed E-state index contributed by atoms with van der Waals surface area (Å²) in [5.74, 6) is -0.195. The maximum absolute atomic E-state index is 11.4. The van der Waals surface area contributed by atoms with Crippen LogP contribution in [0.25, 0.3) is 0 Å². The summed E-state index contributed by atoms with van der Waals surface area (Å²) < 4.78 is 1.07. The molecule has 92 valence electrons. The highest BCUT2D eigenvalue weighted by Crippen LogP contribution is 2.20. The molecule has 1 aromatic carbocycles. The third kappa shape index (κ3) is 3.30. The van der Waals surface area contributed by atoms with Crippen molar-refractivity contribution in [2.24, 2.45) is 5.73 Å². The smallest absolute Gasteiger partial charge is 0.234 e. The second-order valence-corrected chi connectivity index (χ2v) is 5.43. The van der Waals surface area contributed by atoms with Crippen molar-refractivity contribution in [1.82, 2.24) is 4.90 Å². The molecule has 0 saturated carbocycles. The number of likely N-dealkylation sites (tertiary alicyclic amines) is 1. The summed E-state index contributed by atoms with van der Waals surface area (Å²) in [7, 11) is 0. The predicted octanol–water partition coefficient (Wildman–Crippen LogP) is 2.29. The Balaban J connectivity index is 2.08. The Morgan fingerprint density at radius 2 is 2.29 bits per heavy atom. The van der Waals surface area contributed by atoms with Gasteiger partial charge in [0.25, 0.3) is 0 Å². The van der Waals surface area contributed by atoms with Crippen LogP contribution in [0.1, 0.15) is 24.8 Å². The zero-order valence-corrected chi connectivity index (χ0v) is 11.3. The number of piperidine rings is 1. The minimum absolute atomic E-state index is 0.0947. The molecule has 0 bridgehead atoms. The number of hydrogen-bond acceptors (Lipinski definition) is 2. The van der Waals surface area contributed by atoms with Crippen LogP contribution in [0.2, 0.25) is 0 Å². The van der Waals surface area contributed by atoms with E-state index in [1.165, 1.54) is 5.56 Å². The van der Waals surface area contributed by atoms with Crippen molar-refractivity contribution in [2.75, 3.05) is 6.54 Å². The maximum Gasteiger partial charge on any atom is 0.234 e. The number of carbonyl (C=O) groups excluding carboxylic acids is 1. The van der Waals surface area contributed by atoms with Gasteiger partial charge >= 0.3 is 0 Å². The Hall–Kier alpha value is -0.870.